The van der Waals surface area contributed by atoms with E-state index in [2.05, 4.69) is 61.9 Å². The first-order valence-electron chi connectivity index (χ1n) is 13.6. The highest BCUT2D eigenvalue weighted by atomic mass is 32.7. The van der Waals surface area contributed by atoms with E-state index in [0.29, 0.717) is 0 Å². The second-order valence-corrected chi connectivity index (χ2v) is 20.1. The largest absolute Gasteiger partial charge is 0.545 e. The van der Waals surface area contributed by atoms with Gasteiger partial charge < -0.3 is 24.5 Å². The quantitative estimate of drug-likeness (QED) is 0.142. The van der Waals surface area contributed by atoms with Crippen LogP contribution in [0.3, 0.4) is 0 Å². The Morgan fingerprint density at radius 3 is 1.15 bits per heavy atom. The van der Waals surface area contributed by atoms with Crippen molar-refractivity contribution in [1.29, 1.82) is 0 Å². The molecule has 4 heterocycles. The van der Waals surface area contributed by atoms with Crippen LogP contribution in [0.1, 0.15) is 90.9 Å². The normalized spacial score (nSPS) is 16.3. The fraction of sp³-hybridized carbons (Fsp3) is 0.643. The van der Waals surface area contributed by atoms with Gasteiger partial charge in [-0.3, -0.25) is 0 Å². The molecule has 2 aliphatic heterocycles. The second kappa shape index (κ2) is 11.5. The van der Waals surface area contributed by atoms with E-state index in [1.165, 1.54) is 122 Å². The molecular formula is C28H44N2P2S2+2. The lowest BCUT2D eigenvalue weighted by molar-refractivity contribution is -0.669. The van der Waals surface area contributed by atoms with E-state index >= 15 is 0 Å². The van der Waals surface area contributed by atoms with Gasteiger partial charge in [0, 0.05) is 12.3 Å². The highest BCUT2D eigenvalue weighted by Crippen LogP contribution is 2.69. The Morgan fingerprint density at radius 2 is 0.824 bits per heavy atom. The molecule has 0 amide bonds. The van der Waals surface area contributed by atoms with Crippen LogP contribution in [0.25, 0.3) is 11.1 Å². The molecule has 0 saturated carbocycles. The summed E-state index contributed by atoms with van der Waals surface area (Å²) in [6, 6.07) is 0. The molecule has 0 radical (unpaired) electrons. The molecule has 2 nitrogen and oxygen atoms in total. The van der Waals surface area contributed by atoms with Crippen molar-refractivity contribution in [2.75, 3.05) is 12.3 Å². The number of aryl methyl sites for hydroxylation is 2. The first-order chi connectivity index (χ1) is 16.4. The zero-order chi connectivity index (χ0) is 24.3. The predicted molar refractivity (Wildman–Crippen MR) is 158 cm³/mol. The molecule has 0 aliphatic carbocycles. The molecule has 2 aliphatic rings. The Kier molecular flexibility index (Phi) is 9.10. The molecule has 0 unspecified atom stereocenters. The van der Waals surface area contributed by atoms with Crippen LogP contribution in [0.15, 0.2) is 24.8 Å². The highest BCUT2D eigenvalue weighted by molar-refractivity contribution is 8.50. The molecule has 0 atom stereocenters. The van der Waals surface area contributed by atoms with E-state index in [-0.39, 0.29) is 0 Å². The second-order valence-electron chi connectivity index (χ2n) is 10.6. The molecule has 34 heavy (non-hydrogen) atoms. The lowest BCUT2D eigenvalue weighted by Crippen LogP contribution is -2.42. The molecule has 0 bridgehead atoms. The average molecular weight is 535 g/mol. The number of rotatable bonds is 14. The van der Waals surface area contributed by atoms with Gasteiger partial charge in [-0.25, -0.2) is 9.13 Å². The Bertz CT molecular complexity index is 892. The number of unbranched alkanes of at least 4 members (excludes halogenated alkanes) is 10. The van der Waals surface area contributed by atoms with E-state index < -0.39 is 12.9 Å². The predicted octanol–water partition coefficient (Wildman–Crippen LogP) is 5.21. The van der Waals surface area contributed by atoms with Crippen molar-refractivity contribution < 1.29 is 9.13 Å². The van der Waals surface area contributed by atoms with Crippen molar-refractivity contribution >= 4 is 58.6 Å². The number of nitrogens with zero attached hydrogens (tertiary/aromatic N) is 2. The zero-order valence-electron chi connectivity index (χ0n) is 21.8. The van der Waals surface area contributed by atoms with Gasteiger partial charge in [0.25, 0.3) is 0 Å². The van der Waals surface area contributed by atoms with Gasteiger partial charge in [0.15, 0.2) is 21.2 Å². The van der Waals surface area contributed by atoms with Gasteiger partial charge in [0.2, 0.25) is 24.8 Å². The van der Waals surface area contributed by atoms with E-state index in [4.69, 9.17) is 24.5 Å². The zero-order valence-corrected chi connectivity index (χ0v) is 25.2. The Labute approximate surface area is 220 Å². The van der Waals surface area contributed by atoms with Crippen LogP contribution in [-0.2, 0) is 38.6 Å². The minimum absolute atomic E-state index is 1.17. The third-order valence-corrected chi connectivity index (χ3v) is 17.6. The summed E-state index contributed by atoms with van der Waals surface area (Å²) < 4.78 is 4.57. The summed E-state index contributed by atoms with van der Waals surface area (Å²) in [5, 5.41) is 5.92. The van der Waals surface area contributed by atoms with Gasteiger partial charge in [0.1, 0.15) is 14.1 Å². The summed E-state index contributed by atoms with van der Waals surface area (Å²) in [5.74, 6) is 0. The van der Waals surface area contributed by atoms with Gasteiger partial charge in [0.05, 0.1) is 11.1 Å². The molecular weight excluding hydrogens is 490 g/mol. The minimum atomic E-state index is -1.78. The van der Waals surface area contributed by atoms with Crippen molar-refractivity contribution in [3.05, 3.63) is 24.8 Å². The van der Waals surface area contributed by atoms with Crippen LogP contribution in [0.5, 0.6) is 0 Å². The number of aromatic nitrogens is 2. The Balaban J connectivity index is 1.63. The summed E-state index contributed by atoms with van der Waals surface area (Å²) in [5.41, 5.74) is 2.99. The van der Waals surface area contributed by atoms with Gasteiger partial charge >= 0.3 is 0 Å². The Hall–Kier alpha value is -0.140. The number of hydrogen-bond acceptors (Lipinski definition) is 2. The van der Waals surface area contributed by atoms with Gasteiger partial charge in [-0.15, -0.1) is 0 Å². The molecule has 0 saturated heterocycles. The summed E-state index contributed by atoms with van der Waals surface area (Å²) in [4.78, 5) is 0. The molecule has 0 aromatic carbocycles. The van der Waals surface area contributed by atoms with Crippen molar-refractivity contribution in [3.63, 3.8) is 0 Å². The fourth-order valence-electron chi connectivity index (χ4n) is 5.95. The number of pyridine rings is 2. The van der Waals surface area contributed by atoms with Crippen LogP contribution >= 0.6 is 12.9 Å². The van der Waals surface area contributed by atoms with Crippen LogP contribution in [0.2, 0.25) is 0 Å². The third kappa shape index (κ3) is 5.01. The van der Waals surface area contributed by atoms with Crippen molar-refractivity contribution in [2.24, 2.45) is 14.1 Å². The lowest BCUT2D eigenvalue weighted by Gasteiger charge is -2.32. The molecule has 0 spiro atoms. The summed E-state index contributed by atoms with van der Waals surface area (Å²) in [7, 11) is 4.37. The lowest BCUT2D eigenvalue weighted by atomic mass is 10.1. The third-order valence-electron chi connectivity index (χ3n) is 7.79. The van der Waals surface area contributed by atoms with Crippen LogP contribution in [0.4, 0.5) is 0 Å². The summed E-state index contributed by atoms with van der Waals surface area (Å²) in [6.45, 7) is 1.01. The minimum Gasteiger partial charge on any atom is -0.545 e. The molecule has 6 heteroatoms. The SMILES string of the molecule is CCCCCCCC[P+]1([S-])c2c[n+](C)cc3c2-c2c1c[n+](C)cc2[P+]3([S-])CCCCCCCC. The maximum atomic E-state index is 6.67. The molecule has 2 aromatic rings. The van der Waals surface area contributed by atoms with Gasteiger partial charge in [-0.05, 0) is 38.6 Å². The molecule has 0 fully saturated rings. The summed E-state index contributed by atoms with van der Waals surface area (Å²) in [6.07, 6.45) is 27.7. The van der Waals surface area contributed by atoms with E-state index in [1.807, 2.05) is 0 Å². The standard InChI is InChI=1S/C28H44N2P2S2/c1-5-7-9-11-13-15-17-31(33)23-19-29(3)21-25-27(23)28-24(31)20-30(4)22-26(28)32(25,34)18-16-14-12-10-8-6-2/h19-22H,5-18H2,1-4H3/q+2. The first kappa shape index (κ1) is 26.9. The topological polar surface area (TPSA) is 7.76 Å². The average Bonchev–Trinajstić information content (AvgIpc) is 3.19. The summed E-state index contributed by atoms with van der Waals surface area (Å²) >= 11 is 13.3. The number of hydrogen-bond donors (Lipinski definition) is 0. The van der Waals surface area contributed by atoms with E-state index in [1.54, 1.807) is 0 Å². The maximum absolute atomic E-state index is 6.67. The van der Waals surface area contributed by atoms with Gasteiger partial charge in [-0.2, -0.15) is 0 Å². The van der Waals surface area contributed by atoms with Crippen LogP contribution in [-0.4, -0.2) is 12.3 Å². The first-order valence-corrected chi connectivity index (χ1v) is 19.6. The maximum Gasteiger partial charge on any atom is 0.210 e. The van der Waals surface area contributed by atoms with Crippen LogP contribution < -0.4 is 30.4 Å². The van der Waals surface area contributed by atoms with Crippen molar-refractivity contribution in [2.45, 2.75) is 90.9 Å². The van der Waals surface area contributed by atoms with Gasteiger partial charge in [-0.1, -0.05) is 65.2 Å². The van der Waals surface area contributed by atoms with Crippen molar-refractivity contribution in [1.82, 2.24) is 0 Å². The smallest absolute Gasteiger partial charge is 0.210 e. The van der Waals surface area contributed by atoms with Crippen LogP contribution in [0, 0.1) is 0 Å². The molecule has 4 rings (SSSR count). The molecule has 186 valence electrons. The van der Waals surface area contributed by atoms with E-state index in [9.17, 15) is 0 Å². The highest BCUT2D eigenvalue weighted by Gasteiger charge is 2.57. The monoisotopic (exact) mass is 534 g/mol. The molecule has 0 N–H and O–H groups in total. The van der Waals surface area contributed by atoms with E-state index in [0.717, 1.165) is 0 Å². The Morgan fingerprint density at radius 1 is 0.529 bits per heavy atom. The molecule has 2 aromatic heterocycles. The fourth-order valence-corrected chi connectivity index (χ4v) is 15.2. The van der Waals surface area contributed by atoms with Crippen molar-refractivity contribution in [3.8, 4) is 11.1 Å².